The first-order valence-electron chi connectivity index (χ1n) is 12.8. The van der Waals surface area contributed by atoms with Crippen LogP contribution in [0.4, 0.5) is 17.3 Å². The fourth-order valence-electron chi connectivity index (χ4n) is 6.50. The van der Waals surface area contributed by atoms with Crippen LogP contribution in [0.15, 0.2) is 30.5 Å². The summed E-state index contributed by atoms with van der Waals surface area (Å²) in [6, 6.07) is 9.17. The number of fused-ring (bicyclic) bond motifs is 4. The molecule has 7 nitrogen and oxygen atoms in total. The largest absolute Gasteiger partial charge is 0.383 e. The zero-order valence-corrected chi connectivity index (χ0v) is 20.4. The van der Waals surface area contributed by atoms with Crippen molar-refractivity contribution < 1.29 is 9.53 Å². The molecule has 1 aliphatic carbocycles. The molecule has 4 aliphatic rings. The third-order valence-corrected chi connectivity index (χ3v) is 8.70. The van der Waals surface area contributed by atoms with E-state index in [1.54, 1.807) is 0 Å². The van der Waals surface area contributed by atoms with Gasteiger partial charge in [-0.15, -0.1) is 0 Å². The number of piperidine rings is 1. The van der Waals surface area contributed by atoms with Crippen LogP contribution in [0.3, 0.4) is 0 Å². The first-order valence-corrected chi connectivity index (χ1v) is 12.8. The van der Waals surface area contributed by atoms with Crippen LogP contribution in [-0.2, 0) is 29.2 Å². The van der Waals surface area contributed by atoms with Gasteiger partial charge in [-0.1, -0.05) is 19.1 Å². The second-order valence-electron chi connectivity index (χ2n) is 11.1. The molecule has 180 valence electrons. The normalized spacial score (nSPS) is 24.7. The van der Waals surface area contributed by atoms with Gasteiger partial charge in [0.15, 0.2) is 0 Å². The lowest BCUT2D eigenvalue weighted by molar-refractivity contribution is -0.123. The highest BCUT2D eigenvalue weighted by Crippen LogP contribution is 2.54. The van der Waals surface area contributed by atoms with Gasteiger partial charge in [0.2, 0.25) is 5.91 Å². The molecule has 1 saturated heterocycles. The fraction of sp³-hybridized carbons (Fsp3) is 0.464. The van der Waals surface area contributed by atoms with E-state index in [1.165, 1.54) is 17.5 Å². The molecule has 0 radical (unpaired) electrons. The van der Waals surface area contributed by atoms with Crippen molar-refractivity contribution in [3.05, 3.63) is 52.7 Å². The molecule has 35 heavy (non-hydrogen) atoms. The van der Waals surface area contributed by atoms with Crippen LogP contribution in [0.25, 0.3) is 10.9 Å². The number of hydrogen-bond acceptors (Lipinski definition) is 6. The van der Waals surface area contributed by atoms with Crippen LogP contribution >= 0.6 is 0 Å². The maximum Gasteiger partial charge on any atom is 0.233 e. The van der Waals surface area contributed by atoms with E-state index in [-0.39, 0.29) is 17.4 Å². The average molecular weight is 470 g/mol. The summed E-state index contributed by atoms with van der Waals surface area (Å²) in [6.07, 6.45) is 7.04. The number of amides is 1. The van der Waals surface area contributed by atoms with Crippen LogP contribution in [0.1, 0.15) is 60.9 Å². The van der Waals surface area contributed by atoms with Gasteiger partial charge in [0.05, 0.1) is 36.4 Å². The van der Waals surface area contributed by atoms with Gasteiger partial charge in [0, 0.05) is 30.2 Å². The fourth-order valence-corrected chi connectivity index (χ4v) is 6.50. The molecular weight excluding hydrogens is 438 g/mol. The van der Waals surface area contributed by atoms with Crippen molar-refractivity contribution >= 4 is 34.1 Å². The smallest absolute Gasteiger partial charge is 0.233 e. The van der Waals surface area contributed by atoms with Crippen LogP contribution in [0, 0.1) is 11.3 Å². The predicted molar refractivity (Wildman–Crippen MR) is 136 cm³/mol. The van der Waals surface area contributed by atoms with Crippen molar-refractivity contribution in [1.29, 1.82) is 0 Å². The topological polar surface area (TPSA) is 84.6 Å². The number of benzene rings is 1. The monoisotopic (exact) mass is 469 g/mol. The lowest BCUT2D eigenvalue weighted by atomic mass is 9.85. The van der Waals surface area contributed by atoms with Crippen LogP contribution in [0.2, 0.25) is 0 Å². The second kappa shape index (κ2) is 7.40. The lowest BCUT2D eigenvalue weighted by Gasteiger charge is -2.41. The summed E-state index contributed by atoms with van der Waals surface area (Å²) in [7, 11) is 1.93. The molecule has 1 aromatic carbocycles. The molecular formula is C28H31N5O2. The Hall–Kier alpha value is -3.19. The summed E-state index contributed by atoms with van der Waals surface area (Å²) in [6.45, 7) is 4.38. The van der Waals surface area contributed by atoms with Crippen LogP contribution in [-0.4, -0.2) is 29.5 Å². The van der Waals surface area contributed by atoms with Crippen molar-refractivity contribution in [3.63, 3.8) is 0 Å². The van der Waals surface area contributed by atoms with Gasteiger partial charge < -0.3 is 20.3 Å². The van der Waals surface area contributed by atoms with Crippen molar-refractivity contribution in [2.75, 3.05) is 29.1 Å². The van der Waals surface area contributed by atoms with Gasteiger partial charge in [0.25, 0.3) is 0 Å². The first kappa shape index (κ1) is 21.1. The Morgan fingerprint density at radius 1 is 1.14 bits per heavy atom. The third-order valence-electron chi connectivity index (χ3n) is 8.70. The predicted octanol–water partition coefficient (Wildman–Crippen LogP) is 4.52. The maximum absolute atomic E-state index is 12.8. The average Bonchev–Trinajstić information content (AvgIpc) is 3.44. The molecule has 1 amide bonds. The minimum absolute atomic E-state index is 0.141. The Balaban J connectivity index is 1.29. The van der Waals surface area contributed by atoms with E-state index in [0.29, 0.717) is 24.9 Å². The highest BCUT2D eigenvalue weighted by atomic mass is 16.5. The summed E-state index contributed by atoms with van der Waals surface area (Å²) in [5.74, 6) is 2.42. The molecule has 1 saturated carbocycles. The highest BCUT2D eigenvalue weighted by Gasteiger charge is 2.54. The molecule has 1 spiro atoms. The number of carbonyl (C=O) groups excluding carboxylic acids is 1. The molecule has 3 aliphatic heterocycles. The summed E-state index contributed by atoms with van der Waals surface area (Å²) < 4.78 is 5.71. The standard InChI is InChI=1S/C28H31N5O2/c1-16-3-5-24(17-4-6-23-18(9-17)11-28(7-8-28)27(34)32(23)2)33(13-16)25-10-19-20-14-35-15-21(20)26(29)31-22(19)12-30-25/h4,6,9-10,12,16,24H,3,5,7-8,11,13-15H2,1-2H3,(H2,29,31)/t16-,24?/m0/s1. The summed E-state index contributed by atoms with van der Waals surface area (Å²) >= 11 is 0. The number of anilines is 3. The Morgan fingerprint density at radius 3 is 2.80 bits per heavy atom. The number of nitrogens with zero attached hydrogens (tertiary/aromatic N) is 4. The number of nitrogens with two attached hydrogens (primary N) is 1. The molecule has 2 atom stereocenters. The van der Waals surface area contributed by atoms with Gasteiger partial charge in [-0.25, -0.2) is 9.97 Å². The van der Waals surface area contributed by atoms with Crippen molar-refractivity contribution in [1.82, 2.24) is 9.97 Å². The van der Waals surface area contributed by atoms with E-state index >= 15 is 0 Å². The van der Waals surface area contributed by atoms with Gasteiger partial charge >= 0.3 is 0 Å². The molecule has 0 bridgehead atoms. The highest BCUT2D eigenvalue weighted by molar-refractivity contribution is 6.02. The minimum Gasteiger partial charge on any atom is -0.383 e. The third kappa shape index (κ3) is 3.17. The van der Waals surface area contributed by atoms with Crippen molar-refractivity contribution in [2.45, 2.75) is 58.3 Å². The number of pyridine rings is 2. The van der Waals surface area contributed by atoms with E-state index in [9.17, 15) is 4.79 Å². The Labute approximate surface area is 205 Å². The maximum atomic E-state index is 12.8. The molecule has 7 rings (SSSR count). The number of carbonyl (C=O) groups is 1. The van der Waals surface area contributed by atoms with Crippen molar-refractivity contribution in [2.24, 2.45) is 11.3 Å². The number of hydrogen-bond donors (Lipinski definition) is 1. The number of nitrogen functional groups attached to an aromatic ring is 1. The van der Waals surface area contributed by atoms with E-state index in [0.717, 1.165) is 65.8 Å². The summed E-state index contributed by atoms with van der Waals surface area (Å²) in [5, 5.41) is 1.09. The zero-order chi connectivity index (χ0) is 23.9. The van der Waals surface area contributed by atoms with Crippen LogP contribution < -0.4 is 15.5 Å². The number of rotatable bonds is 2. The number of ether oxygens (including phenoxy) is 1. The number of aromatic nitrogens is 2. The molecule has 2 fully saturated rings. The van der Waals surface area contributed by atoms with E-state index in [1.807, 2.05) is 18.1 Å². The minimum atomic E-state index is -0.141. The van der Waals surface area contributed by atoms with E-state index in [4.69, 9.17) is 15.5 Å². The first-order chi connectivity index (χ1) is 16.9. The quantitative estimate of drug-likeness (QED) is 0.594. The molecule has 2 aromatic heterocycles. The summed E-state index contributed by atoms with van der Waals surface area (Å²) in [5.41, 5.74) is 12.7. The van der Waals surface area contributed by atoms with E-state index < -0.39 is 0 Å². The molecule has 2 N–H and O–H groups in total. The zero-order valence-electron chi connectivity index (χ0n) is 20.4. The van der Waals surface area contributed by atoms with Gasteiger partial charge in [-0.3, -0.25) is 4.79 Å². The van der Waals surface area contributed by atoms with Gasteiger partial charge in [0.1, 0.15) is 11.6 Å². The molecule has 3 aromatic rings. The van der Waals surface area contributed by atoms with Gasteiger partial charge in [-0.2, -0.15) is 0 Å². The lowest BCUT2D eigenvalue weighted by Crippen LogP contribution is -2.40. The molecule has 7 heteroatoms. The summed E-state index contributed by atoms with van der Waals surface area (Å²) in [4.78, 5) is 26.6. The second-order valence-corrected chi connectivity index (χ2v) is 11.1. The molecule has 1 unspecified atom stereocenters. The van der Waals surface area contributed by atoms with Gasteiger partial charge in [-0.05, 0) is 66.8 Å². The molecule has 5 heterocycles. The Bertz CT molecular complexity index is 1380. The Morgan fingerprint density at radius 2 is 1.97 bits per heavy atom. The van der Waals surface area contributed by atoms with Crippen LogP contribution in [0.5, 0.6) is 0 Å². The SMILES string of the molecule is C[C@H]1CCC(c2ccc3c(c2)CC2(CC2)C(=O)N3C)N(c2cc3c4c(c(N)nc3cn2)COC4)C1. The Kier molecular flexibility index (Phi) is 4.47. The van der Waals surface area contributed by atoms with E-state index in [2.05, 4.69) is 41.1 Å². The van der Waals surface area contributed by atoms with Crippen molar-refractivity contribution in [3.8, 4) is 0 Å².